The molecule has 0 bridgehead atoms. The number of para-hydroxylation sites is 1. The first-order chi connectivity index (χ1) is 15.2. The van der Waals surface area contributed by atoms with Crippen LogP contribution in [-0.2, 0) is 17.8 Å². The fourth-order valence-electron chi connectivity index (χ4n) is 4.59. The average Bonchev–Trinajstić information content (AvgIpc) is 3.26. The van der Waals surface area contributed by atoms with Crippen molar-refractivity contribution >= 4 is 28.1 Å². The van der Waals surface area contributed by atoms with Crippen LogP contribution in [0.5, 0.6) is 0 Å². The molecule has 0 aliphatic carbocycles. The molecule has 0 fully saturated rings. The molecular formula is C27H24N2OS. The van der Waals surface area contributed by atoms with E-state index in [-0.39, 0.29) is 11.8 Å². The molecule has 1 aliphatic heterocycles. The van der Waals surface area contributed by atoms with E-state index < -0.39 is 0 Å². The number of hydrogen-bond donors (Lipinski definition) is 0. The van der Waals surface area contributed by atoms with Crippen molar-refractivity contribution < 1.29 is 4.79 Å². The third-order valence-corrected chi connectivity index (χ3v) is 7.40. The van der Waals surface area contributed by atoms with Crippen molar-refractivity contribution in [3.63, 3.8) is 0 Å². The second-order valence-corrected chi connectivity index (χ2v) is 9.10. The van der Waals surface area contributed by atoms with Gasteiger partial charge < -0.3 is 4.90 Å². The van der Waals surface area contributed by atoms with Crippen LogP contribution in [0.1, 0.15) is 33.7 Å². The van der Waals surface area contributed by atoms with Crippen molar-refractivity contribution in [1.29, 1.82) is 0 Å². The van der Waals surface area contributed by atoms with Crippen LogP contribution in [0.3, 0.4) is 0 Å². The molecular weight excluding hydrogens is 400 g/mol. The zero-order chi connectivity index (χ0) is 21.4. The number of pyridine rings is 1. The Morgan fingerprint density at radius 2 is 1.94 bits per heavy atom. The van der Waals surface area contributed by atoms with Gasteiger partial charge in [-0.05, 0) is 52.9 Å². The van der Waals surface area contributed by atoms with Crippen LogP contribution in [0, 0.1) is 0 Å². The number of aromatic nitrogens is 1. The topological polar surface area (TPSA) is 33.2 Å². The van der Waals surface area contributed by atoms with Crippen LogP contribution in [0.2, 0.25) is 0 Å². The van der Waals surface area contributed by atoms with Crippen molar-refractivity contribution in [2.75, 3.05) is 6.54 Å². The summed E-state index contributed by atoms with van der Waals surface area (Å²) in [5, 5.41) is 1.15. The molecule has 3 heterocycles. The van der Waals surface area contributed by atoms with Crippen LogP contribution < -0.4 is 0 Å². The normalized spacial score (nSPS) is 15.6. The number of benzene rings is 2. The average molecular weight is 425 g/mol. The van der Waals surface area contributed by atoms with E-state index in [0.717, 1.165) is 17.3 Å². The minimum absolute atomic E-state index is 0.00561. The van der Waals surface area contributed by atoms with Gasteiger partial charge in [-0.25, -0.2) is 0 Å². The number of hydrogen-bond acceptors (Lipinski definition) is 3. The van der Waals surface area contributed by atoms with Crippen LogP contribution in [-0.4, -0.2) is 22.3 Å². The first-order valence-electron chi connectivity index (χ1n) is 10.7. The standard InChI is InChI=1S/C27H24N2OS/c1-3-18-15-23-24(16-29(27(30)4-2)17-26(23)31-18)20-10-6-5-9-19(20)21-13-14-28-25-12-8-7-11-22(21)25/h4-15,24H,2-3,16-17H2,1H3. The largest absolute Gasteiger partial charge is 0.333 e. The molecule has 1 aliphatic rings. The van der Waals surface area contributed by atoms with Crippen molar-refractivity contribution in [2.24, 2.45) is 0 Å². The van der Waals surface area contributed by atoms with Crippen molar-refractivity contribution in [3.8, 4) is 11.1 Å². The molecule has 2 aromatic carbocycles. The molecule has 1 unspecified atom stereocenters. The Morgan fingerprint density at radius 3 is 2.77 bits per heavy atom. The van der Waals surface area contributed by atoms with Gasteiger partial charge in [0.05, 0.1) is 12.1 Å². The van der Waals surface area contributed by atoms with Gasteiger partial charge in [0.25, 0.3) is 0 Å². The Bertz CT molecular complexity index is 1280. The highest BCUT2D eigenvalue weighted by atomic mass is 32.1. The molecule has 0 saturated heterocycles. The van der Waals surface area contributed by atoms with E-state index in [0.29, 0.717) is 13.1 Å². The van der Waals surface area contributed by atoms with E-state index >= 15 is 0 Å². The maximum atomic E-state index is 12.6. The number of carbonyl (C=O) groups excluding carboxylic acids is 1. The Kier molecular flexibility index (Phi) is 5.16. The fourth-order valence-corrected chi connectivity index (χ4v) is 5.78. The summed E-state index contributed by atoms with van der Waals surface area (Å²) in [6.45, 7) is 7.24. The van der Waals surface area contributed by atoms with Crippen LogP contribution in [0.15, 0.2) is 79.5 Å². The zero-order valence-corrected chi connectivity index (χ0v) is 18.4. The lowest BCUT2D eigenvalue weighted by Gasteiger charge is -2.33. The number of aryl methyl sites for hydroxylation is 1. The van der Waals surface area contributed by atoms with Gasteiger partial charge in [0.15, 0.2) is 0 Å². The second kappa shape index (κ2) is 8.12. The molecule has 4 heteroatoms. The second-order valence-electron chi connectivity index (χ2n) is 7.88. The molecule has 5 rings (SSSR count). The van der Waals surface area contributed by atoms with E-state index in [2.05, 4.69) is 73.1 Å². The molecule has 3 nitrogen and oxygen atoms in total. The highest BCUT2D eigenvalue weighted by molar-refractivity contribution is 7.12. The van der Waals surface area contributed by atoms with Gasteiger partial charge in [-0.3, -0.25) is 9.78 Å². The van der Waals surface area contributed by atoms with Crippen molar-refractivity contribution in [2.45, 2.75) is 25.8 Å². The molecule has 2 aromatic heterocycles. The van der Waals surface area contributed by atoms with E-state index in [1.54, 1.807) is 0 Å². The quantitative estimate of drug-likeness (QED) is 0.366. The first kappa shape index (κ1) is 19.7. The summed E-state index contributed by atoms with van der Waals surface area (Å²) in [7, 11) is 0. The molecule has 0 spiro atoms. The predicted molar refractivity (Wildman–Crippen MR) is 128 cm³/mol. The SMILES string of the molecule is C=CC(=O)N1Cc2sc(CC)cc2C(c2ccccc2-c2ccnc3ccccc23)C1. The van der Waals surface area contributed by atoms with Gasteiger partial charge in [0.2, 0.25) is 5.91 Å². The Morgan fingerprint density at radius 1 is 1.13 bits per heavy atom. The molecule has 1 atom stereocenters. The smallest absolute Gasteiger partial charge is 0.246 e. The third-order valence-electron chi connectivity index (χ3n) is 6.12. The lowest BCUT2D eigenvalue weighted by Crippen LogP contribution is -2.37. The molecule has 0 N–H and O–H groups in total. The van der Waals surface area contributed by atoms with Crippen molar-refractivity contribution in [3.05, 3.63) is 100 Å². The minimum atomic E-state index is -0.00561. The van der Waals surface area contributed by atoms with Gasteiger partial charge in [-0.1, -0.05) is 56.0 Å². The fraction of sp³-hybridized carbons (Fsp3) is 0.185. The number of fused-ring (bicyclic) bond motifs is 2. The van der Waals surface area contributed by atoms with Crippen LogP contribution >= 0.6 is 11.3 Å². The summed E-state index contributed by atoms with van der Waals surface area (Å²) in [6.07, 6.45) is 4.32. The van der Waals surface area contributed by atoms with E-state index in [1.165, 1.54) is 38.1 Å². The predicted octanol–water partition coefficient (Wildman–Crippen LogP) is 6.19. The number of nitrogens with zero attached hydrogens (tertiary/aromatic N) is 2. The number of thiophene rings is 1. The van der Waals surface area contributed by atoms with E-state index in [4.69, 9.17) is 0 Å². The maximum Gasteiger partial charge on any atom is 0.246 e. The van der Waals surface area contributed by atoms with Gasteiger partial charge in [0.1, 0.15) is 0 Å². The number of carbonyl (C=O) groups is 1. The molecule has 0 radical (unpaired) electrons. The van der Waals surface area contributed by atoms with E-state index in [1.807, 2.05) is 28.5 Å². The summed E-state index contributed by atoms with van der Waals surface area (Å²) >= 11 is 1.83. The monoisotopic (exact) mass is 424 g/mol. The lowest BCUT2D eigenvalue weighted by molar-refractivity contribution is -0.127. The first-order valence-corrected chi connectivity index (χ1v) is 11.5. The maximum absolute atomic E-state index is 12.6. The van der Waals surface area contributed by atoms with Gasteiger partial charge in [-0.2, -0.15) is 0 Å². The number of rotatable bonds is 4. The summed E-state index contributed by atoms with van der Waals surface area (Å²) in [4.78, 5) is 21.7. The van der Waals surface area contributed by atoms with Crippen LogP contribution in [0.25, 0.3) is 22.0 Å². The lowest BCUT2D eigenvalue weighted by atomic mass is 9.83. The molecule has 31 heavy (non-hydrogen) atoms. The highest BCUT2D eigenvalue weighted by Crippen LogP contribution is 2.42. The molecule has 4 aromatic rings. The van der Waals surface area contributed by atoms with Crippen LogP contribution in [0.4, 0.5) is 0 Å². The molecule has 0 saturated carbocycles. The number of amides is 1. The Labute approximate surface area is 186 Å². The van der Waals surface area contributed by atoms with Gasteiger partial charge >= 0.3 is 0 Å². The van der Waals surface area contributed by atoms with Gasteiger partial charge in [-0.15, -0.1) is 11.3 Å². The van der Waals surface area contributed by atoms with E-state index in [9.17, 15) is 4.79 Å². The third kappa shape index (κ3) is 3.47. The molecule has 154 valence electrons. The summed E-state index contributed by atoms with van der Waals surface area (Å²) < 4.78 is 0. The Balaban J connectivity index is 1.69. The molecule has 1 amide bonds. The summed E-state index contributed by atoms with van der Waals surface area (Å²) in [6, 6.07) is 21.3. The minimum Gasteiger partial charge on any atom is -0.333 e. The highest BCUT2D eigenvalue weighted by Gasteiger charge is 2.31. The zero-order valence-electron chi connectivity index (χ0n) is 17.5. The summed E-state index contributed by atoms with van der Waals surface area (Å²) in [5.74, 6) is 0.126. The Hall–Kier alpha value is -3.24. The van der Waals surface area contributed by atoms with Gasteiger partial charge in [0, 0.05) is 33.8 Å². The van der Waals surface area contributed by atoms with Crippen molar-refractivity contribution in [1.82, 2.24) is 9.88 Å². The summed E-state index contributed by atoms with van der Waals surface area (Å²) in [5.41, 5.74) is 5.99.